The standard InChI is InChI=1S/C7H16N2O.C2H6.V/c1-8-2-4-9(5-3-8)6-7-10;1-2;/h10H,2-7H2,1H3;1-2H3;. The number of aliphatic hydroxyl groups is 1. The first-order valence-electron chi connectivity index (χ1n) is 4.84. The van der Waals surface area contributed by atoms with E-state index in [9.17, 15) is 0 Å². The zero-order valence-corrected chi connectivity index (χ0v) is 10.4. The van der Waals surface area contributed by atoms with Gasteiger partial charge in [-0.1, -0.05) is 13.8 Å². The third kappa shape index (κ3) is 7.53. The summed E-state index contributed by atoms with van der Waals surface area (Å²) < 4.78 is 0. The molecule has 1 N–H and O–H groups in total. The van der Waals surface area contributed by atoms with E-state index in [0.717, 1.165) is 32.7 Å². The molecule has 0 atom stereocenters. The van der Waals surface area contributed by atoms with Crippen LogP contribution in [0.2, 0.25) is 0 Å². The minimum Gasteiger partial charge on any atom is -0.395 e. The maximum Gasteiger partial charge on any atom is 0.0558 e. The first kappa shape index (κ1) is 15.9. The second-order valence-corrected chi connectivity index (χ2v) is 2.87. The Kier molecular flexibility index (Phi) is 12.9. The van der Waals surface area contributed by atoms with E-state index in [-0.39, 0.29) is 18.6 Å². The molecule has 1 aliphatic heterocycles. The Hall–Kier alpha value is 0.464. The second-order valence-electron chi connectivity index (χ2n) is 2.87. The van der Waals surface area contributed by atoms with E-state index in [1.54, 1.807) is 0 Å². The van der Waals surface area contributed by atoms with Gasteiger partial charge in [-0.05, 0) is 7.05 Å². The van der Waals surface area contributed by atoms with Gasteiger partial charge in [0.2, 0.25) is 0 Å². The van der Waals surface area contributed by atoms with Gasteiger partial charge in [-0.15, -0.1) is 0 Å². The smallest absolute Gasteiger partial charge is 0.0558 e. The molecule has 0 spiro atoms. The second kappa shape index (κ2) is 10.5. The van der Waals surface area contributed by atoms with Crippen molar-refractivity contribution in [2.45, 2.75) is 13.8 Å². The Labute approximate surface area is 94.0 Å². The van der Waals surface area contributed by atoms with Gasteiger partial charge in [0, 0.05) is 51.3 Å². The van der Waals surface area contributed by atoms with Crippen LogP contribution in [0.1, 0.15) is 13.8 Å². The number of β-amino-alcohol motifs (C(OH)–C–C–N with tert-alkyl or cyclic N) is 1. The van der Waals surface area contributed by atoms with Gasteiger partial charge in [-0.3, -0.25) is 4.90 Å². The summed E-state index contributed by atoms with van der Waals surface area (Å²) in [7, 11) is 2.14. The van der Waals surface area contributed by atoms with Crippen LogP contribution in [0.25, 0.3) is 0 Å². The third-order valence-corrected chi connectivity index (χ3v) is 2.01. The molecule has 0 amide bonds. The Morgan fingerprint density at radius 2 is 1.54 bits per heavy atom. The predicted octanol–water partition coefficient (Wildman–Crippen LogP) is 0.250. The van der Waals surface area contributed by atoms with Crippen LogP contribution in [-0.4, -0.2) is 61.3 Å². The van der Waals surface area contributed by atoms with Gasteiger partial charge < -0.3 is 10.0 Å². The molecule has 1 saturated heterocycles. The molecular formula is C9H22N2OV. The molecule has 0 saturated carbocycles. The Morgan fingerprint density at radius 1 is 1.08 bits per heavy atom. The minimum absolute atomic E-state index is 0. The summed E-state index contributed by atoms with van der Waals surface area (Å²) in [5.41, 5.74) is 0. The van der Waals surface area contributed by atoms with Gasteiger partial charge in [0.1, 0.15) is 0 Å². The molecule has 0 aromatic heterocycles. The van der Waals surface area contributed by atoms with Gasteiger partial charge in [0.25, 0.3) is 0 Å². The average Bonchev–Trinajstić information content (AvgIpc) is 2.13. The summed E-state index contributed by atoms with van der Waals surface area (Å²) in [5, 5.41) is 8.63. The molecular weight excluding hydrogens is 203 g/mol. The van der Waals surface area contributed by atoms with Crippen molar-refractivity contribution in [3.63, 3.8) is 0 Å². The van der Waals surface area contributed by atoms with Gasteiger partial charge in [0.05, 0.1) is 6.61 Å². The molecule has 3 nitrogen and oxygen atoms in total. The first-order chi connectivity index (χ1) is 5.83. The Bertz CT molecular complexity index is 95.6. The van der Waals surface area contributed by atoms with Crippen molar-refractivity contribution in [3.05, 3.63) is 0 Å². The summed E-state index contributed by atoms with van der Waals surface area (Å²) in [4.78, 5) is 4.61. The molecule has 0 aliphatic carbocycles. The third-order valence-electron chi connectivity index (χ3n) is 2.01. The molecule has 0 bridgehead atoms. The largest absolute Gasteiger partial charge is 0.395 e. The van der Waals surface area contributed by atoms with Gasteiger partial charge >= 0.3 is 0 Å². The van der Waals surface area contributed by atoms with E-state index in [0.29, 0.717) is 6.61 Å². The van der Waals surface area contributed by atoms with Crippen molar-refractivity contribution in [2.24, 2.45) is 0 Å². The van der Waals surface area contributed by atoms with Gasteiger partial charge in [0.15, 0.2) is 0 Å². The number of likely N-dealkylation sites (N-methyl/N-ethyl adjacent to an activating group) is 1. The van der Waals surface area contributed by atoms with Crippen molar-refractivity contribution in [1.29, 1.82) is 0 Å². The molecule has 1 radical (unpaired) electrons. The van der Waals surface area contributed by atoms with E-state index in [4.69, 9.17) is 5.11 Å². The van der Waals surface area contributed by atoms with Crippen molar-refractivity contribution < 1.29 is 23.7 Å². The number of aliphatic hydroxyl groups excluding tert-OH is 1. The van der Waals surface area contributed by atoms with Crippen molar-refractivity contribution in [2.75, 3.05) is 46.4 Å². The maximum atomic E-state index is 8.63. The average molecular weight is 225 g/mol. The van der Waals surface area contributed by atoms with Crippen LogP contribution in [0.4, 0.5) is 0 Å². The monoisotopic (exact) mass is 225 g/mol. The van der Waals surface area contributed by atoms with Crippen LogP contribution in [0.5, 0.6) is 0 Å². The fourth-order valence-electron chi connectivity index (χ4n) is 1.21. The van der Waals surface area contributed by atoms with Crippen LogP contribution < -0.4 is 0 Å². The van der Waals surface area contributed by atoms with Gasteiger partial charge in [-0.2, -0.15) is 0 Å². The molecule has 0 unspecified atom stereocenters. The zero-order chi connectivity index (χ0) is 9.40. The Morgan fingerprint density at radius 3 is 1.92 bits per heavy atom. The first-order valence-corrected chi connectivity index (χ1v) is 4.84. The summed E-state index contributed by atoms with van der Waals surface area (Å²) >= 11 is 0. The number of hydrogen-bond donors (Lipinski definition) is 1. The Balaban J connectivity index is 0. The maximum absolute atomic E-state index is 8.63. The summed E-state index contributed by atoms with van der Waals surface area (Å²) in [5.74, 6) is 0. The molecule has 1 rings (SSSR count). The number of nitrogens with zero attached hydrogens (tertiary/aromatic N) is 2. The van der Waals surface area contributed by atoms with E-state index < -0.39 is 0 Å². The fraction of sp³-hybridized carbons (Fsp3) is 1.00. The quantitative estimate of drug-likeness (QED) is 0.729. The van der Waals surface area contributed by atoms with Crippen LogP contribution in [0, 0.1) is 0 Å². The topological polar surface area (TPSA) is 26.7 Å². The number of piperazine rings is 1. The SMILES string of the molecule is CC.CN1CCN(CCO)CC1.[V]. The summed E-state index contributed by atoms with van der Waals surface area (Å²) in [6.45, 7) is 9.63. The summed E-state index contributed by atoms with van der Waals surface area (Å²) in [6, 6.07) is 0. The summed E-state index contributed by atoms with van der Waals surface area (Å²) in [6.07, 6.45) is 0. The van der Waals surface area contributed by atoms with E-state index in [1.807, 2.05) is 13.8 Å². The molecule has 1 fully saturated rings. The van der Waals surface area contributed by atoms with E-state index >= 15 is 0 Å². The van der Waals surface area contributed by atoms with Crippen molar-refractivity contribution in [3.8, 4) is 0 Å². The molecule has 4 heteroatoms. The number of rotatable bonds is 2. The molecule has 0 aromatic rings. The van der Waals surface area contributed by atoms with E-state index in [2.05, 4.69) is 16.8 Å². The van der Waals surface area contributed by atoms with Crippen molar-refractivity contribution in [1.82, 2.24) is 9.80 Å². The normalized spacial score (nSPS) is 18.5. The molecule has 1 aliphatic rings. The molecule has 0 aromatic carbocycles. The molecule has 13 heavy (non-hydrogen) atoms. The fourth-order valence-corrected chi connectivity index (χ4v) is 1.21. The molecule has 79 valence electrons. The predicted molar refractivity (Wildman–Crippen MR) is 52.4 cm³/mol. The van der Waals surface area contributed by atoms with Crippen LogP contribution in [0.3, 0.4) is 0 Å². The number of hydrogen-bond acceptors (Lipinski definition) is 3. The molecule has 1 heterocycles. The minimum atomic E-state index is 0. The van der Waals surface area contributed by atoms with Crippen LogP contribution >= 0.6 is 0 Å². The van der Waals surface area contributed by atoms with E-state index in [1.165, 1.54) is 0 Å². The van der Waals surface area contributed by atoms with Crippen LogP contribution in [0.15, 0.2) is 0 Å². The van der Waals surface area contributed by atoms with Crippen molar-refractivity contribution >= 4 is 0 Å². The zero-order valence-electron chi connectivity index (χ0n) is 9.03. The van der Waals surface area contributed by atoms with Gasteiger partial charge in [-0.25, -0.2) is 0 Å². The van der Waals surface area contributed by atoms with Crippen LogP contribution in [-0.2, 0) is 18.6 Å².